The number of phenolic OH excluding ortho intramolecular Hbond substituents is 1. The molecule has 9 heteroatoms. The molecule has 0 aliphatic rings. The second-order valence-electron chi connectivity index (χ2n) is 8.89. The number of nitrogens with one attached hydrogen (secondary N) is 1. The molecule has 0 aliphatic heterocycles. The number of aliphatic hydroxyl groups excluding tert-OH is 1. The molecule has 182 valence electrons. The van der Waals surface area contributed by atoms with Crippen molar-refractivity contribution < 1.29 is 29.9 Å². The minimum atomic E-state index is -0.817. The van der Waals surface area contributed by atoms with Crippen LogP contribution in [0.2, 0.25) is 5.02 Å². The minimum absolute atomic E-state index is 0.0507. The number of halogens is 1. The molecule has 0 saturated heterocycles. The number of aromatic hydroxyl groups is 1. The van der Waals surface area contributed by atoms with Crippen molar-refractivity contribution in [1.29, 1.82) is 0 Å². The molecule has 4 N–H and O–H groups in total. The standard InChI is InChI=1S/C24H32ClNO6S/c1-5-11-24(15-27,26-22(29)31-23(2,3)4)12-10-16-6-8-18(14-19(16)25)33-21-13-17(28)7-9-20(21)32-30/h6-9,13-14,27-28,30H,5,10-12,15H2,1-4H3,(H,26,29)/t24-/m0/s1. The van der Waals surface area contributed by atoms with Crippen LogP contribution in [0.25, 0.3) is 0 Å². The summed E-state index contributed by atoms with van der Waals surface area (Å²) in [6, 6.07) is 9.91. The van der Waals surface area contributed by atoms with E-state index >= 15 is 0 Å². The Kier molecular flexibility index (Phi) is 9.72. The summed E-state index contributed by atoms with van der Waals surface area (Å²) in [4.78, 5) is 18.1. The van der Waals surface area contributed by atoms with E-state index in [0.717, 1.165) is 16.9 Å². The van der Waals surface area contributed by atoms with Crippen molar-refractivity contribution in [2.75, 3.05) is 6.61 Å². The Hall–Kier alpha value is -2.13. The second-order valence-corrected chi connectivity index (χ2v) is 10.4. The highest BCUT2D eigenvalue weighted by Crippen LogP contribution is 2.38. The van der Waals surface area contributed by atoms with Gasteiger partial charge in [0.05, 0.1) is 17.0 Å². The molecular formula is C24H32ClNO6S. The molecule has 1 atom stereocenters. The molecule has 33 heavy (non-hydrogen) atoms. The number of aryl methyl sites for hydroxylation is 1. The number of carbonyl (C=O) groups is 1. The highest BCUT2D eigenvalue weighted by Gasteiger charge is 2.32. The quantitative estimate of drug-likeness (QED) is 0.234. The van der Waals surface area contributed by atoms with Crippen LogP contribution in [0.5, 0.6) is 11.5 Å². The summed E-state index contributed by atoms with van der Waals surface area (Å²) in [5, 5.41) is 32.3. The van der Waals surface area contributed by atoms with Gasteiger partial charge < -0.3 is 25.2 Å². The van der Waals surface area contributed by atoms with E-state index in [-0.39, 0.29) is 18.1 Å². The van der Waals surface area contributed by atoms with Crippen LogP contribution in [0, 0.1) is 0 Å². The van der Waals surface area contributed by atoms with Crippen LogP contribution in [0.15, 0.2) is 46.2 Å². The number of phenols is 1. The molecule has 1 amide bonds. The zero-order valence-electron chi connectivity index (χ0n) is 19.4. The Labute approximate surface area is 204 Å². The molecule has 0 heterocycles. The normalized spacial score (nSPS) is 13.3. The number of ether oxygens (including phenoxy) is 1. The molecular weight excluding hydrogens is 466 g/mol. The van der Waals surface area contributed by atoms with Crippen molar-refractivity contribution in [2.24, 2.45) is 0 Å². The number of carbonyl (C=O) groups excluding carboxylic acids is 1. The van der Waals surface area contributed by atoms with Gasteiger partial charge >= 0.3 is 6.09 Å². The van der Waals surface area contributed by atoms with Crippen LogP contribution in [0.1, 0.15) is 52.5 Å². The minimum Gasteiger partial charge on any atom is -0.508 e. The van der Waals surface area contributed by atoms with Crippen molar-refractivity contribution in [1.82, 2.24) is 5.32 Å². The Morgan fingerprint density at radius 3 is 2.45 bits per heavy atom. The zero-order valence-corrected chi connectivity index (χ0v) is 20.9. The maximum atomic E-state index is 12.4. The topological polar surface area (TPSA) is 108 Å². The van der Waals surface area contributed by atoms with Crippen LogP contribution in [0.4, 0.5) is 4.79 Å². The lowest BCUT2D eigenvalue weighted by molar-refractivity contribution is -0.140. The van der Waals surface area contributed by atoms with Gasteiger partial charge in [0.15, 0.2) is 5.75 Å². The van der Waals surface area contributed by atoms with Gasteiger partial charge in [0, 0.05) is 9.92 Å². The van der Waals surface area contributed by atoms with Gasteiger partial charge in [0.25, 0.3) is 0 Å². The predicted molar refractivity (Wildman–Crippen MR) is 129 cm³/mol. The van der Waals surface area contributed by atoms with Crippen molar-refractivity contribution >= 4 is 29.5 Å². The molecule has 2 rings (SSSR count). The fourth-order valence-electron chi connectivity index (χ4n) is 3.39. The number of aliphatic hydroxyl groups is 1. The fourth-order valence-corrected chi connectivity index (χ4v) is 4.69. The van der Waals surface area contributed by atoms with E-state index in [0.29, 0.717) is 29.2 Å². The number of hydrogen-bond donors (Lipinski definition) is 4. The third-order valence-corrected chi connectivity index (χ3v) is 6.33. The maximum absolute atomic E-state index is 12.4. The van der Waals surface area contributed by atoms with Crippen molar-refractivity contribution in [2.45, 2.75) is 74.3 Å². The van der Waals surface area contributed by atoms with E-state index in [1.54, 1.807) is 26.8 Å². The molecule has 0 aromatic heterocycles. The monoisotopic (exact) mass is 497 g/mol. The molecule has 0 unspecified atom stereocenters. The number of hydrogen-bond acceptors (Lipinski definition) is 7. The van der Waals surface area contributed by atoms with E-state index in [2.05, 4.69) is 10.2 Å². The smallest absolute Gasteiger partial charge is 0.408 e. The van der Waals surface area contributed by atoms with Gasteiger partial charge in [0.1, 0.15) is 11.4 Å². The summed E-state index contributed by atoms with van der Waals surface area (Å²) >= 11 is 7.81. The molecule has 0 fully saturated rings. The first-order valence-electron chi connectivity index (χ1n) is 10.7. The van der Waals surface area contributed by atoms with E-state index in [9.17, 15) is 15.0 Å². The third-order valence-electron chi connectivity index (χ3n) is 4.95. The molecule has 0 saturated carbocycles. The number of amides is 1. The van der Waals surface area contributed by atoms with Gasteiger partial charge in [0.2, 0.25) is 0 Å². The van der Waals surface area contributed by atoms with E-state index in [1.165, 1.54) is 30.0 Å². The first-order chi connectivity index (χ1) is 15.5. The van der Waals surface area contributed by atoms with Crippen LogP contribution >= 0.6 is 23.4 Å². The van der Waals surface area contributed by atoms with E-state index in [1.807, 2.05) is 19.1 Å². The lowest BCUT2D eigenvalue weighted by atomic mass is 9.87. The second kappa shape index (κ2) is 11.8. The van der Waals surface area contributed by atoms with Crippen LogP contribution in [-0.2, 0) is 11.2 Å². The van der Waals surface area contributed by atoms with Crippen LogP contribution < -0.4 is 10.2 Å². The van der Waals surface area contributed by atoms with Gasteiger partial charge in [-0.05, 0) is 75.9 Å². The van der Waals surface area contributed by atoms with E-state index < -0.39 is 17.2 Å². The number of alkyl carbamates (subject to hydrolysis) is 1. The van der Waals surface area contributed by atoms with Crippen molar-refractivity contribution in [3.8, 4) is 11.5 Å². The first kappa shape index (κ1) is 27.1. The zero-order chi connectivity index (χ0) is 24.6. The molecule has 2 aromatic carbocycles. The highest BCUT2D eigenvalue weighted by molar-refractivity contribution is 7.99. The van der Waals surface area contributed by atoms with Crippen molar-refractivity contribution in [3.63, 3.8) is 0 Å². The molecule has 2 aromatic rings. The summed E-state index contributed by atoms with van der Waals surface area (Å²) < 4.78 is 5.38. The van der Waals surface area contributed by atoms with Crippen LogP contribution in [-0.4, -0.2) is 39.3 Å². The Balaban J connectivity index is 2.14. The average Bonchev–Trinajstić information content (AvgIpc) is 2.72. The van der Waals surface area contributed by atoms with Gasteiger partial charge in [-0.15, -0.1) is 0 Å². The maximum Gasteiger partial charge on any atom is 0.408 e. The van der Waals surface area contributed by atoms with Crippen LogP contribution in [0.3, 0.4) is 0 Å². The Morgan fingerprint density at radius 2 is 1.88 bits per heavy atom. The Bertz CT molecular complexity index is 949. The number of rotatable bonds is 10. The van der Waals surface area contributed by atoms with Gasteiger partial charge in [-0.1, -0.05) is 42.8 Å². The molecule has 0 radical (unpaired) electrons. The average molecular weight is 498 g/mol. The predicted octanol–water partition coefficient (Wildman–Crippen LogP) is 6.04. The SMILES string of the molecule is CCC[C@@](CO)(CCc1ccc(Sc2cc(O)ccc2OO)cc1Cl)NC(=O)OC(C)(C)C. The Morgan fingerprint density at radius 1 is 1.15 bits per heavy atom. The number of benzene rings is 2. The summed E-state index contributed by atoms with van der Waals surface area (Å²) in [6.07, 6.45) is 1.83. The highest BCUT2D eigenvalue weighted by atomic mass is 35.5. The molecule has 0 aliphatic carbocycles. The van der Waals surface area contributed by atoms with E-state index in [4.69, 9.17) is 21.6 Å². The summed E-state index contributed by atoms with van der Waals surface area (Å²) in [7, 11) is 0. The largest absolute Gasteiger partial charge is 0.508 e. The lowest BCUT2D eigenvalue weighted by Crippen LogP contribution is -2.53. The molecule has 0 bridgehead atoms. The van der Waals surface area contributed by atoms with Gasteiger partial charge in [-0.2, -0.15) is 0 Å². The summed E-state index contributed by atoms with van der Waals surface area (Å²) in [5.41, 5.74) is -0.580. The fraction of sp³-hybridized carbons (Fsp3) is 0.458. The van der Waals surface area contributed by atoms with Crippen molar-refractivity contribution in [3.05, 3.63) is 47.0 Å². The van der Waals surface area contributed by atoms with Gasteiger partial charge in [-0.3, -0.25) is 0 Å². The molecule has 0 spiro atoms. The first-order valence-corrected chi connectivity index (χ1v) is 11.9. The third kappa shape index (κ3) is 8.30. The summed E-state index contributed by atoms with van der Waals surface area (Å²) in [5.74, 6) is 0.272. The lowest BCUT2D eigenvalue weighted by Gasteiger charge is -2.34. The summed E-state index contributed by atoms with van der Waals surface area (Å²) in [6.45, 7) is 7.15. The van der Waals surface area contributed by atoms with Gasteiger partial charge in [-0.25, -0.2) is 10.1 Å². The molecule has 7 nitrogen and oxygen atoms in total.